The zero-order valence-corrected chi connectivity index (χ0v) is 20.9. The van der Waals surface area contributed by atoms with E-state index in [1.165, 1.54) is 7.11 Å². The molecule has 36 heavy (non-hydrogen) atoms. The Morgan fingerprint density at radius 2 is 1.81 bits per heavy atom. The van der Waals surface area contributed by atoms with Crippen molar-refractivity contribution in [3.8, 4) is 11.5 Å². The summed E-state index contributed by atoms with van der Waals surface area (Å²) >= 11 is 6.25. The lowest BCUT2D eigenvalue weighted by Gasteiger charge is -2.38. The average Bonchev–Trinajstić information content (AvgIpc) is 2.81. The Labute approximate surface area is 212 Å². The number of anilines is 1. The number of methoxy groups -OCH3 is 1. The minimum absolute atomic E-state index is 0.0342. The number of aromatic amines is 2. The third kappa shape index (κ3) is 4.33. The van der Waals surface area contributed by atoms with Crippen LogP contribution in [-0.4, -0.2) is 22.9 Å². The summed E-state index contributed by atoms with van der Waals surface area (Å²) in [6.07, 6.45) is 0.964. The molecule has 0 bridgehead atoms. The normalized spacial score (nSPS) is 18.2. The molecule has 0 spiro atoms. The van der Waals surface area contributed by atoms with Crippen molar-refractivity contribution in [2.24, 2.45) is 5.41 Å². The minimum Gasteiger partial charge on any atom is -0.493 e. The molecule has 0 amide bonds. The highest BCUT2D eigenvalue weighted by atomic mass is 35.5. The number of ether oxygens (including phenoxy) is 2. The molecule has 3 aromatic rings. The number of nitrogens with one attached hydrogen (secondary N) is 3. The lowest BCUT2D eigenvalue weighted by Crippen LogP contribution is -2.38. The van der Waals surface area contributed by atoms with Crippen molar-refractivity contribution < 1.29 is 14.3 Å². The van der Waals surface area contributed by atoms with Crippen LogP contribution in [0.4, 0.5) is 5.82 Å². The number of benzene rings is 2. The number of aromatic nitrogens is 2. The van der Waals surface area contributed by atoms with E-state index in [4.69, 9.17) is 21.1 Å². The number of carbonyl (C=O) groups is 1. The fraction of sp³-hybridized carbons (Fsp3) is 0.296. The van der Waals surface area contributed by atoms with Crippen LogP contribution in [0.25, 0.3) is 0 Å². The Morgan fingerprint density at radius 1 is 1.03 bits per heavy atom. The quantitative estimate of drug-likeness (QED) is 0.468. The molecule has 0 radical (unpaired) electrons. The molecule has 2 aromatic carbocycles. The second kappa shape index (κ2) is 9.02. The van der Waals surface area contributed by atoms with Gasteiger partial charge in [0.25, 0.3) is 5.56 Å². The van der Waals surface area contributed by atoms with Gasteiger partial charge in [-0.1, -0.05) is 49.7 Å². The van der Waals surface area contributed by atoms with Crippen molar-refractivity contribution in [3.63, 3.8) is 0 Å². The molecule has 2 heterocycles. The monoisotopic (exact) mass is 507 g/mol. The molecule has 9 heteroatoms. The van der Waals surface area contributed by atoms with Gasteiger partial charge in [0.15, 0.2) is 17.3 Å². The summed E-state index contributed by atoms with van der Waals surface area (Å²) in [5.74, 6) is 0.540. The fourth-order valence-corrected chi connectivity index (χ4v) is 5.22. The molecule has 1 aliphatic heterocycles. The van der Waals surface area contributed by atoms with Crippen LogP contribution in [0, 0.1) is 5.41 Å². The Morgan fingerprint density at radius 3 is 2.56 bits per heavy atom. The zero-order chi connectivity index (χ0) is 25.6. The lowest BCUT2D eigenvalue weighted by atomic mass is 9.69. The van der Waals surface area contributed by atoms with Gasteiger partial charge in [-0.15, -0.1) is 0 Å². The van der Waals surface area contributed by atoms with Crippen molar-refractivity contribution in [1.82, 2.24) is 9.97 Å². The van der Waals surface area contributed by atoms with E-state index < -0.39 is 17.2 Å². The van der Waals surface area contributed by atoms with E-state index in [0.717, 1.165) is 5.56 Å². The van der Waals surface area contributed by atoms with Crippen molar-refractivity contribution in [3.05, 3.63) is 96.3 Å². The smallest absolute Gasteiger partial charge is 0.327 e. The number of ketones is 1. The summed E-state index contributed by atoms with van der Waals surface area (Å²) in [7, 11) is 1.53. The number of H-pyrrole nitrogens is 2. The number of hydrogen-bond donors (Lipinski definition) is 3. The maximum Gasteiger partial charge on any atom is 0.327 e. The van der Waals surface area contributed by atoms with Gasteiger partial charge in [-0.05, 0) is 35.6 Å². The number of rotatable bonds is 5. The second-order valence-corrected chi connectivity index (χ2v) is 10.3. The first-order valence-electron chi connectivity index (χ1n) is 11.6. The van der Waals surface area contributed by atoms with Gasteiger partial charge in [0.05, 0.1) is 12.7 Å². The number of carbonyl (C=O) groups excluding carboxylic acids is 1. The van der Waals surface area contributed by atoms with Gasteiger partial charge in [0.1, 0.15) is 12.4 Å². The molecule has 0 saturated carbocycles. The molecule has 0 fully saturated rings. The molecule has 2 aliphatic rings. The van der Waals surface area contributed by atoms with E-state index in [-0.39, 0.29) is 23.4 Å². The van der Waals surface area contributed by atoms with Crippen molar-refractivity contribution >= 4 is 23.2 Å². The van der Waals surface area contributed by atoms with Gasteiger partial charge in [0.2, 0.25) is 0 Å². The van der Waals surface area contributed by atoms with Crippen LogP contribution in [0.1, 0.15) is 49.3 Å². The first-order chi connectivity index (χ1) is 17.2. The van der Waals surface area contributed by atoms with E-state index >= 15 is 0 Å². The molecular weight excluding hydrogens is 482 g/mol. The molecule has 1 atom stereocenters. The van der Waals surface area contributed by atoms with Gasteiger partial charge in [-0.2, -0.15) is 0 Å². The molecule has 1 aromatic heterocycles. The number of hydrogen-bond acceptors (Lipinski definition) is 6. The third-order valence-electron chi connectivity index (χ3n) is 6.61. The van der Waals surface area contributed by atoms with E-state index in [2.05, 4.69) is 15.3 Å². The summed E-state index contributed by atoms with van der Waals surface area (Å²) in [6, 6.07) is 12.7. The van der Waals surface area contributed by atoms with Crippen LogP contribution >= 0.6 is 11.6 Å². The maximum absolute atomic E-state index is 13.4. The predicted molar refractivity (Wildman–Crippen MR) is 137 cm³/mol. The average molecular weight is 508 g/mol. The maximum atomic E-state index is 13.4. The summed E-state index contributed by atoms with van der Waals surface area (Å²) in [6.45, 7) is 4.29. The van der Waals surface area contributed by atoms with E-state index in [9.17, 15) is 14.4 Å². The summed E-state index contributed by atoms with van der Waals surface area (Å²) < 4.78 is 11.6. The molecular formula is C27H26ClN3O5. The van der Waals surface area contributed by atoms with Crippen molar-refractivity contribution in [2.45, 2.75) is 39.2 Å². The topological polar surface area (TPSA) is 113 Å². The van der Waals surface area contributed by atoms with Crippen LogP contribution in [0.3, 0.4) is 0 Å². The Bertz CT molecular complexity index is 1520. The number of fused-ring (bicyclic) bond motifs is 1. The van der Waals surface area contributed by atoms with Crippen LogP contribution < -0.4 is 26.0 Å². The molecule has 0 unspecified atom stereocenters. The molecule has 0 saturated heterocycles. The number of halogens is 1. The highest BCUT2D eigenvalue weighted by Gasteiger charge is 2.42. The second-order valence-electron chi connectivity index (χ2n) is 9.88. The Balaban J connectivity index is 1.59. The molecule has 1 aliphatic carbocycles. The molecule has 186 valence electrons. The van der Waals surface area contributed by atoms with Crippen molar-refractivity contribution in [1.29, 1.82) is 0 Å². The zero-order valence-electron chi connectivity index (χ0n) is 20.2. The summed E-state index contributed by atoms with van der Waals surface area (Å²) in [5, 5.41) is 3.77. The van der Waals surface area contributed by atoms with E-state index in [0.29, 0.717) is 52.0 Å². The van der Waals surface area contributed by atoms with Gasteiger partial charge in [-0.25, -0.2) is 4.79 Å². The Hall–Kier alpha value is -3.78. The van der Waals surface area contributed by atoms with Gasteiger partial charge < -0.3 is 14.8 Å². The van der Waals surface area contributed by atoms with E-state index in [1.54, 1.807) is 18.2 Å². The molecule has 8 nitrogen and oxygen atoms in total. The highest BCUT2D eigenvalue weighted by Crippen LogP contribution is 2.48. The first-order valence-corrected chi connectivity index (χ1v) is 12.0. The van der Waals surface area contributed by atoms with Gasteiger partial charge >= 0.3 is 5.69 Å². The summed E-state index contributed by atoms with van der Waals surface area (Å²) in [5.41, 5.74) is 1.63. The van der Waals surface area contributed by atoms with Crippen LogP contribution in [0.2, 0.25) is 5.02 Å². The lowest BCUT2D eigenvalue weighted by molar-refractivity contribution is -0.118. The van der Waals surface area contributed by atoms with Crippen LogP contribution in [0.15, 0.2) is 63.3 Å². The van der Waals surface area contributed by atoms with E-state index in [1.807, 2.05) is 38.1 Å². The minimum atomic E-state index is -0.674. The van der Waals surface area contributed by atoms with Crippen LogP contribution in [0.5, 0.6) is 11.5 Å². The SMILES string of the molecule is COc1cc([C@H]2C3=C(CC(C)(C)CC3=O)Nc3[nH]c(=O)[nH]c(=O)c32)ccc1OCc1ccccc1Cl. The first kappa shape index (κ1) is 23.9. The summed E-state index contributed by atoms with van der Waals surface area (Å²) in [4.78, 5) is 43.4. The third-order valence-corrected chi connectivity index (χ3v) is 6.98. The van der Waals surface area contributed by atoms with Crippen LogP contribution in [-0.2, 0) is 11.4 Å². The van der Waals surface area contributed by atoms with Gasteiger partial charge in [0, 0.05) is 34.2 Å². The van der Waals surface area contributed by atoms with Gasteiger partial charge in [-0.3, -0.25) is 19.6 Å². The molecule has 3 N–H and O–H groups in total. The molecule has 5 rings (SSSR count). The van der Waals surface area contributed by atoms with Crippen molar-refractivity contribution in [2.75, 3.05) is 12.4 Å². The predicted octanol–water partition coefficient (Wildman–Crippen LogP) is 4.50. The standard InChI is InChI=1S/C27H26ClN3O5/c1-27(2)11-17-22(18(32)12-27)21(23-24(29-17)30-26(34)31-25(23)33)14-8-9-19(20(10-14)35-3)36-13-15-6-4-5-7-16(15)28/h4-10,21H,11-13H2,1-3H3,(H3,29,30,31,33,34)/t21-/m0/s1. The number of allylic oxidation sites excluding steroid dienone is 2. The fourth-order valence-electron chi connectivity index (χ4n) is 5.03. The largest absolute Gasteiger partial charge is 0.493 e. The highest BCUT2D eigenvalue weighted by molar-refractivity contribution is 6.31. The number of Topliss-reactive ketones (excluding diaryl/α,β-unsaturated/α-hetero) is 1. The Kier molecular flexibility index (Phi) is 6.00.